The fourth-order valence-electron chi connectivity index (χ4n) is 2.84. The molecular weight excluding hydrogens is 240 g/mol. The Hall–Kier alpha value is -1.36. The molecule has 0 aromatic carbocycles. The molecule has 3 rings (SSSR count). The Morgan fingerprint density at radius 2 is 1.95 bits per heavy atom. The van der Waals surface area contributed by atoms with Crippen molar-refractivity contribution < 1.29 is 4.74 Å². The number of ether oxygens (including phenoxy) is 1. The van der Waals surface area contributed by atoms with E-state index in [0.29, 0.717) is 12.1 Å². The maximum Gasteiger partial charge on any atom is 0.131 e. The van der Waals surface area contributed by atoms with E-state index >= 15 is 0 Å². The summed E-state index contributed by atoms with van der Waals surface area (Å²) in [6.45, 7) is 1.73. The van der Waals surface area contributed by atoms with Crippen molar-refractivity contribution in [2.75, 3.05) is 23.8 Å². The predicted octanol–water partition coefficient (Wildman–Crippen LogP) is 2.42. The third-order valence-electron chi connectivity index (χ3n) is 3.91. The normalized spacial score (nSPS) is 23.7. The lowest BCUT2D eigenvalue weighted by atomic mass is 10.2. The SMILES string of the molecule is c1nc(NCC2CCCO2)cc(NC2CCCC2)n1. The van der Waals surface area contributed by atoms with Crippen molar-refractivity contribution in [3.8, 4) is 0 Å². The molecule has 1 saturated carbocycles. The first-order chi connectivity index (χ1) is 9.40. The minimum atomic E-state index is 0.334. The Bertz CT molecular complexity index is 400. The van der Waals surface area contributed by atoms with Crippen molar-refractivity contribution in [3.63, 3.8) is 0 Å². The summed E-state index contributed by atoms with van der Waals surface area (Å²) in [6.07, 6.45) is 9.43. The molecule has 0 radical (unpaired) electrons. The second-order valence-electron chi connectivity index (χ2n) is 5.43. The summed E-state index contributed by atoms with van der Waals surface area (Å²) < 4.78 is 5.59. The minimum Gasteiger partial charge on any atom is -0.376 e. The molecule has 1 saturated heterocycles. The molecule has 5 nitrogen and oxygen atoms in total. The van der Waals surface area contributed by atoms with E-state index < -0.39 is 0 Å². The topological polar surface area (TPSA) is 59.1 Å². The van der Waals surface area contributed by atoms with Crippen molar-refractivity contribution in [1.29, 1.82) is 0 Å². The molecule has 2 heterocycles. The lowest BCUT2D eigenvalue weighted by Gasteiger charge is -2.14. The summed E-state index contributed by atoms with van der Waals surface area (Å²) in [7, 11) is 0. The van der Waals surface area contributed by atoms with Crippen LogP contribution in [0, 0.1) is 0 Å². The van der Waals surface area contributed by atoms with E-state index in [-0.39, 0.29) is 0 Å². The van der Waals surface area contributed by atoms with Crippen LogP contribution in [-0.2, 0) is 4.74 Å². The Labute approximate surface area is 114 Å². The molecule has 1 atom stereocenters. The maximum atomic E-state index is 5.59. The Kier molecular flexibility index (Phi) is 4.13. The van der Waals surface area contributed by atoms with E-state index in [1.807, 2.05) is 6.07 Å². The molecule has 19 heavy (non-hydrogen) atoms. The first-order valence-corrected chi connectivity index (χ1v) is 7.34. The van der Waals surface area contributed by atoms with Crippen LogP contribution in [0.3, 0.4) is 0 Å². The van der Waals surface area contributed by atoms with E-state index in [4.69, 9.17) is 4.74 Å². The van der Waals surface area contributed by atoms with E-state index in [1.54, 1.807) is 6.33 Å². The Morgan fingerprint density at radius 3 is 2.74 bits per heavy atom. The molecule has 2 aliphatic rings. The summed E-state index contributed by atoms with van der Waals surface area (Å²) in [5.41, 5.74) is 0. The van der Waals surface area contributed by atoms with Gasteiger partial charge in [-0.05, 0) is 25.7 Å². The van der Waals surface area contributed by atoms with Crippen LogP contribution in [0.15, 0.2) is 12.4 Å². The third kappa shape index (κ3) is 3.56. The molecule has 2 N–H and O–H groups in total. The van der Waals surface area contributed by atoms with Gasteiger partial charge in [0.25, 0.3) is 0 Å². The molecule has 1 aliphatic carbocycles. The summed E-state index contributed by atoms with van der Waals surface area (Å²) in [5, 5.41) is 6.82. The highest BCUT2D eigenvalue weighted by Crippen LogP contribution is 2.22. The van der Waals surface area contributed by atoms with Crippen LogP contribution in [0.5, 0.6) is 0 Å². The molecule has 104 valence electrons. The zero-order valence-electron chi connectivity index (χ0n) is 11.3. The fourth-order valence-corrected chi connectivity index (χ4v) is 2.84. The molecule has 2 fully saturated rings. The molecule has 1 unspecified atom stereocenters. The number of nitrogens with zero attached hydrogens (tertiary/aromatic N) is 2. The van der Waals surface area contributed by atoms with E-state index in [2.05, 4.69) is 20.6 Å². The molecular formula is C14H22N4O. The Balaban J connectivity index is 1.52. The second-order valence-corrected chi connectivity index (χ2v) is 5.43. The van der Waals surface area contributed by atoms with Gasteiger partial charge in [-0.1, -0.05) is 12.8 Å². The van der Waals surface area contributed by atoms with Gasteiger partial charge in [-0.25, -0.2) is 9.97 Å². The lowest BCUT2D eigenvalue weighted by Crippen LogP contribution is -2.19. The summed E-state index contributed by atoms with van der Waals surface area (Å²) in [6, 6.07) is 2.58. The van der Waals surface area contributed by atoms with Crippen molar-refractivity contribution in [2.45, 2.75) is 50.7 Å². The van der Waals surface area contributed by atoms with Crippen molar-refractivity contribution in [1.82, 2.24) is 9.97 Å². The molecule has 0 spiro atoms. The first kappa shape index (κ1) is 12.7. The van der Waals surface area contributed by atoms with Gasteiger partial charge in [0, 0.05) is 25.3 Å². The standard InChI is InChI=1S/C14H22N4O/c1-2-5-11(4-1)18-14-8-13(16-10-17-14)15-9-12-6-3-7-19-12/h8,10-12H,1-7,9H2,(H2,15,16,17,18). The van der Waals surface area contributed by atoms with Crippen LogP contribution in [-0.4, -0.2) is 35.3 Å². The maximum absolute atomic E-state index is 5.59. The zero-order chi connectivity index (χ0) is 12.9. The van der Waals surface area contributed by atoms with Crippen LogP contribution in [0.4, 0.5) is 11.6 Å². The summed E-state index contributed by atoms with van der Waals surface area (Å²) in [5.74, 6) is 1.81. The number of aromatic nitrogens is 2. The number of rotatable bonds is 5. The highest BCUT2D eigenvalue weighted by atomic mass is 16.5. The van der Waals surface area contributed by atoms with Crippen LogP contribution in [0.2, 0.25) is 0 Å². The van der Waals surface area contributed by atoms with Gasteiger partial charge in [-0.2, -0.15) is 0 Å². The third-order valence-corrected chi connectivity index (χ3v) is 3.91. The van der Waals surface area contributed by atoms with E-state index in [1.165, 1.54) is 32.1 Å². The molecule has 1 aromatic heterocycles. The molecule has 1 aliphatic heterocycles. The van der Waals surface area contributed by atoms with Crippen LogP contribution < -0.4 is 10.6 Å². The average Bonchev–Trinajstić information content (AvgIpc) is 3.10. The first-order valence-electron chi connectivity index (χ1n) is 7.34. The largest absolute Gasteiger partial charge is 0.376 e. The summed E-state index contributed by atoms with van der Waals surface area (Å²) >= 11 is 0. The average molecular weight is 262 g/mol. The highest BCUT2D eigenvalue weighted by molar-refractivity contribution is 5.47. The highest BCUT2D eigenvalue weighted by Gasteiger charge is 2.16. The van der Waals surface area contributed by atoms with Gasteiger partial charge in [-0.3, -0.25) is 0 Å². The Morgan fingerprint density at radius 1 is 1.11 bits per heavy atom. The van der Waals surface area contributed by atoms with Gasteiger partial charge >= 0.3 is 0 Å². The van der Waals surface area contributed by atoms with Crippen LogP contribution in [0.1, 0.15) is 38.5 Å². The number of nitrogens with one attached hydrogen (secondary N) is 2. The molecule has 0 bridgehead atoms. The van der Waals surface area contributed by atoms with Gasteiger partial charge in [0.2, 0.25) is 0 Å². The van der Waals surface area contributed by atoms with Crippen LogP contribution in [0.25, 0.3) is 0 Å². The summed E-state index contributed by atoms with van der Waals surface area (Å²) in [4.78, 5) is 8.55. The molecule has 1 aromatic rings. The smallest absolute Gasteiger partial charge is 0.131 e. The zero-order valence-corrected chi connectivity index (χ0v) is 11.3. The van der Waals surface area contributed by atoms with Gasteiger partial charge in [0.05, 0.1) is 6.10 Å². The molecule has 0 amide bonds. The van der Waals surface area contributed by atoms with Gasteiger partial charge in [0.1, 0.15) is 18.0 Å². The quantitative estimate of drug-likeness (QED) is 0.853. The minimum absolute atomic E-state index is 0.334. The van der Waals surface area contributed by atoms with E-state index in [9.17, 15) is 0 Å². The van der Waals surface area contributed by atoms with Gasteiger partial charge < -0.3 is 15.4 Å². The predicted molar refractivity (Wildman–Crippen MR) is 75.4 cm³/mol. The fraction of sp³-hybridized carbons (Fsp3) is 0.714. The lowest BCUT2D eigenvalue weighted by molar-refractivity contribution is 0.120. The van der Waals surface area contributed by atoms with Crippen LogP contribution >= 0.6 is 0 Å². The van der Waals surface area contributed by atoms with Gasteiger partial charge in [-0.15, -0.1) is 0 Å². The number of anilines is 2. The van der Waals surface area contributed by atoms with Gasteiger partial charge in [0.15, 0.2) is 0 Å². The van der Waals surface area contributed by atoms with Crippen molar-refractivity contribution >= 4 is 11.6 Å². The van der Waals surface area contributed by atoms with Crippen molar-refractivity contribution in [3.05, 3.63) is 12.4 Å². The van der Waals surface area contributed by atoms with Crippen molar-refractivity contribution in [2.24, 2.45) is 0 Å². The second kappa shape index (κ2) is 6.19. The monoisotopic (exact) mass is 262 g/mol. The van der Waals surface area contributed by atoms with E-state index in [0.717, 1.165) is 31.2 Å². The number of hydrogen-bond donors (Lipinski definition) is 2. The number of hydrogen-bond acceptors (Lipinski definition) is 5. The molecule has 5 heteroatoms.